The van der Waals surface area contributed by atoms with Crippen LogP contribution in [-0.2, 0) is 13.1 Å². The van der Waals surface area contributed by atoms with Crippen LogP contribution < -0.4 is 15.4 Å². The van der Waals surface area contributed by atoms with Crippen LogP contribution in [0.25, 0.3) is 32.9 Å². The molecule has 2 saturated heterocycles. The second-order valence-electron chi connectivity index (χ2n) is 11.9. The predicted octanol–water partition coefficient (Wildman–Crippen LogP) is 5.32. The first-order valence-corrected chi connectivity index (χ1v) is 15.0. The predicted molar refractivity (Wildman–Crippen MR) is 161 cm³/mol. The first-order valence-electron chi connectivity index (χ1n) is 15.0. The molecule has 2 N–H and O–H groups in total. The molecule has 43 heavy (non-hydrogen) atoms. The monoisotopic (exact) mass is 582 g/mol. The van der Waals surface area contributed by atoms with E-state index in [4.69, 9.17) is 15.5 Å². The van der Waals surface area contributed by atoms with Crippen molar-refractivity contribution in [2.45, 2.75) is 50.7 Å². The second-order valence-corrected chi connectivity index (χ2v) is 11.9. The van der Waals surface area contributed by atoms with Crippen molar-refractivity contribution in [3.63, 3.8) is 0 Å². The molecule has 0 saturated carbocycles. The Labute approximate surface area is 247 Å². The number of nitrogen functional groups attached to an aromatic ring is 1. The molecule has 11 heteroatoms. The van der Waals surface area contributed by atoms with Crippen LogP contribution in [0.3, 0.4) is 0 Å². The minimum atomic E-state index is -0.632. The molecule has 8 rings (SSSR count). The molecule has 0 bridgehead atoms. The molecule has 220 valence electrons. The van der Waals surface area contributed by atoms with E-state index in [1.165, 1.54) is 6.07 Å². The number of pyridine rings is 1. The first-order chi connectivity index (χ1) is 21.0. The number of hydrogen-bond acceptors (Lipinski definition) is 8. The molecule has 6 heterocycles. The van der Waals surface area contributed by atoms with E-state index < -0.39 is 11.6 Å². The van der Waals surface area contributed by atoms with E-state index in [-0.39, 0.29) is 22.8 Å². The van der Waals surface area contributed by atoms with Crippen molar-refractivity contribution in [3.05, 3.63) is 66.0 Å². The Morgan fingerprint density at radius 3 is 2.60 bits per heavy atom. The largest absolute Gasteiger partial charge is 0.461 e. The third kappa shape index (κ3) is 4.36. The van der Waals surface area contributed by atoms with Crippen LogP contribution in [0.2, 0.25) is 0 Å². The Hall–Kier alpha value is -4.38. The van der Waals surface area contributed by atoms with Gasteiger partial charge in [-0.2, -0.15) is 15.1 Å². The topological polar surface area (TPSA) is 98.2 Å². The quantitative estimate of drug-likeness (QED) is 0.298. The highest BCUT2D eigenvalue weighted by molar-refractivity contribution is 5.99. The summed E-state index contributed by atoms with van der Waals surface area (Å²) in [5.74, 6) is -0.0564. The van der Waals surface area contributed by atoms with Crippen molar-refractivity contribution in [2.24, 2.45) is 0 Å². The molecule has 0 amide bonds. The lowest BCUT2D eigenvalue weighted by molar-refractivity contribution is 0.108. The average Bonchev–Trinajstić information content (AvgIpc) is 3.66. The van der Waals surface area contributed by atoms with Crippen LogP contribution in [0.4, 0.5) is 20.4 Å². The van der Waals surface area contributed by atoms with Crippen molar-refractivity contribution < 1.29 is 13.5 Å². The molecule has 9 nitrogen and oxygen atoms in total. The number of hydrogen-bond donors (Lipinski definition) is 1. The molecule has 5 aromatic rings. The smallest absolute Gasteiger partial charge is 0.319 e. The summed E-state index contributed by atoms with van der Waals surface area (Å²) < 4.78 is 39.9. The third-order valence-electron chi connectivity index (χ3n) is 9.37. The molecule has 3 aromatic heterocycles. The van der Waals surface area contributed by atoms with Crippen LogP contribution in [-0.4, -0.2) is 61.4 Å². The van der Waals surface area contributed by atoms with Crippen molar-refractivity contribution in [3.8, 4) is 17.3 Å². The van der Waals surface area contributed by atoms with E-state index in [1.54, 1.807) is 36.5 Å². The fourth-order valence-electron chi connectivity index (χ4n) is 7.33. The summed E-state index contributed by atoms with van der Waals surface area (Å²) in [6.45, 7) is 4.48. The summed E-state index contributed by atoms with van der Waals surface area (Å²) in [5.41, 5.74) is 7.45. The van der Waals surface area contributed by atoms with Gasteiger partial charge in [-0.25, -0.2) is 8.78 Å². The maximum Gasteiger partial charge on any atom is 0.319 e. The number of ether oxygens (including phenoxy) is 1. The van der Waals surface area contributed by atoms with Crippen LogP contribution in [0.1, 0.15) is 37.8 Å². The van der Waals surface area contributed by atoms with Gasteiger partial charge in [0.05, 0.1) is 23.2 Å². The molecular formula is C32H32F2N8O. The molecule has 2 fully saturated rings. The van der Waals surface area contributed by atoms with Crippen LogP contribution in [0.15, 0.2) is 48.7 Å². The lowest BCUT2D eigenvalue weighted by atomic mass is 9.95. The van der Waals surface area contributed by atoms with Gasteiger partial charge in [0.25, 0.3) is 0 Å². The van der Waals surface area contributed by atoms with E-state index in [2.05, 4.69) is 24.9 Å². The van der Waals surface area contributed by atoms with Crippen molar-refractivity contribution in [2.75, 3.05) is 36.9 Å². The fraction of sp³-hybridized carbons (Fsp3) is 0.375. The summed E-state index contributed by atoms with van der Waals surface area (Å²) in [6.07, 6.45) is 6.82. The van der Waals surface area contributed by atoms with Gasteiger partial charge < -0.3 is 15.4 Å². The molecule has 0 atom stereocenters. The number of aryl methyl sites for hydroxylation is 1. The van der Waals surface area contributed by atoms with Crippen molar-refractivity contribution >= 4 is 33.3 Å². The molecular weight excluding hydrogens is 550 g/mol. The third-order valence-corrected chi connectivity index (χ3v) is 9.37. The summed E-state index contributed by atoms with van der Waals surface area (Å²) >= 11 is 0. The van der Waals surface area contributed by atoms with Crippen LogP contribution in [0, 0.1) is 11.6 Å². The average molecular weight is 583 g/mol. The summed E-state index contributed by atoms with van der Waals surface area (Å²) in [7, 11) is 0. The van der Waals surface area contributed by atoms with E-state index in [9.17, 15) is 0 Å². The van der Waals surface area contributed by atoms with Gasteiger partial charge >= 0.3 is 6.01 Å². The molecule has 3 aliphatic rings. The summed E-state index contributed by atoms with van der Waals surface area (Å²) in [6, 6.07) is 12.1. The number of anilines is 2. The van der Waals surface area contributed by atoms with Crippen LogP contribution >= 0.6 is 0 Å². The molecule has 0 radical (unpaired) electrons. The zero-order valence-electron chi connectivity index (χ0n) is 23.8. The van der Waals surface area contributed by atoms with Gasteiger partial charge in [0.1, 0.15) is 35.3 Å². The van der Waals surface area contributed by atoms with E-state index >= 15 is 8.78 Å². The molecule has 0 unspecified atom stereocenters. The number of rotatable bonds is 5. The van der Waals surface area contributed by atoms with Crippen molar-refractivity contribution in [1.29, 1.82) is 0 Å². The van der Waals surface area contributed by atoms with Gasteiger partial charge in [0.15, 0.2) is 5.82 Å². The zero-order chi connectivity index (χ0) is 29.1. The number of fused-ring (bicyclic) bond motifs is 4. The number of benzene rings is 2. The highest BCUT2D eigenvalue weighted by atomic mass is 19.1. The van der Waals surface area contributed by atoms with Crippen LogP contribution in [0.5, 0.6) is 6.01 Å². The number of halogens is 2. The zero-order valence-corrected chi connectivity index (χ0v) is 23.8. The van der Waals surface area contributed by atoms with Crippen molar-refractivity contribution in [1.82, 2.24) is 29.6 Å². The van der Waals surface area contributed by atoms with Gasteiger partial charge in [-0.05, 0) is 56.6 Å². The van der Waals surface area contributed by atoms with Gasteiger partial charge in [-0.3, -0.25) is 14.6 Å². The number of aromatic nitrogens is 5. The van der Waals surface area contributed by atoms with E-state index in [1.807, 2.05) is 10.7 Å². The highest BCUT2D eigenvalue weighted by Crippen LogP contribution is 2.40. The number of nitrogens with zero attached hydrogens (tertiary/aromatic N) is 7. The maximum absolute atomic E-state index is 16.6. The molecule has 0 spiro atoms. The molecule has 3 aliphatic heterocycles. The Morgan fingerprint density at radius 1 is 0.953 bits per heavy atom. The van der Waals surface area contributed by atoms with Gasteiger partial charge in [0.2, 0.25) is 0 Å². The minimum Gasteiger partial charge on any atom is -0.461 e. The van der Waals surface area contributed by atoms with Gasteiger partial charge in [-0.1, -0.05) is 30.3 Å². The number of nitrogens with two attached hydrogens (primary N) is 1. The van der Waals surface area contributed by atoms with E-state index in [0.717, 1.165) is 57.4 Å². The normalized spacial score (nSPS) is 18.2. The molecule has 2 aromatic carbocycles. The SMILES string of the molecule is Nc1cc2n(n1)CCCN(c1nc(OCC34CCCN3CCC4)nc3c(F)c(-c4cccc5cccc(F)c45)ncc13)C2. The minimum absolute atomic E-state index is 0.0203. The maximum atomic E-state index is 16.6. The standard InChI is InChI=1S/C32H32F2N8O/c33-24-9-2-7-20-6-1-8-22(26(20)24)28-27(34)29-23(17-36-28)30(40-12-5-15-42-21(18-40)16-25(35)39-42)38-31(37-29)43-19-32-10-3-13-41(32)14-4-11-32/h1-2,6-9,16-17H,3-5,10-15,18-19H2,(H2,35,39). The molecule has 0 aliphatic carbocycles. The van der Waals surface area contributed by atoms with Gasteiger partial charge in [-0.15, -0.1) is 0 Å². The highest BCUT2D eigenvalue weighted by Gasteiger charge is 2.45. The van der Waals surface area contributed by atoms with Gasteiger partial charge in [0, 0.05) is 36.3 Å². The Balaban J connectivity index is 1.26. The Kier molecular flexibility index (Phi) is 6.18. The Bertz CT molecular complexity index is 1860. The fourth-order valence-corrected chi connectivity index (χ4v) is 7.33. The lowest BCUT2D eigenvalue weighted by Gasteiger charge is -2.31. The summed E-state index contributed by atoms with van der Waals surface area (Å²) in [5, 5.41) is 5.88. The second kappa shape index (κ2) is 10.1. The summed E-state index contributed by atoms with van der Waals surface area (Å²) in [4.78, 5) is 18.6. The van der Waals surface area contributed by atoms with E-state index in [0.29, 0.717) is 53.1 Å². The lowest BCUT2D eigenvalue weighted by Crippen LogP contribution is -2.43. The Morgan fingerprint density at radius 2 is 1.77 bits per heavy atom. The first kappa shape index (κ1) is 26.3.